The fourth-order valence-electron chi connectivity index (χ4n) is 5.67. The number of para-hydroxylation sites is 2. The molecule has 2 N–H and O–H groups in total. The van der Waals surface area contributed by atoms with E-state index in [-0.39, 0.29) is 5.56 Å². The van der Waals surface area contributed by atoms with Crippen LogP contribution in [-0.2, 0) is 18.9 Å². The number of rotatable bonds is 4. The monoisotopic (exact) mass is 876 g/mol. The number of methoxy groups -OCH3 is 2. The first-order valence-electron chi connectivity index (χ1n) is 18.2. The summed E-state index contributed by atoms with van der Waals surface area (Å²) in [5.41, 5.74) is 3.14. The van der Waals surface area contributed by atoms with Crippen LogP contribution in [-0.4, -0.2) is 75.8 Å². The lowest BCUT2D eigenvalue weighted by atomic mass is 9.80. The molecule has 0 radical (unpaired) electrons. The fourth-order valence-corrected chi connectivity index (χ4v) is 6.20. The van der Waals surface area contributed by atoms with Crippen LogP contribution in [0.4, 0.5) is 9.59 Å². The molecule has 0 unspecified atom stereocenters. The SMILES string of the molecule is COC(=O)c1cccc2c(-c3ccc(C#N)cc3)cn(C(=O)OC(C)(C)C)c12.COC(=O)c1cccc2c(Br)cn(C(=O)OC(C)(C)C)c12.N#Cc1ccc(B(O)O)cc1. The predicted octanol–water partition coefficient (Wildman–Crippen LogP) is 7.96. The quantitative estimate of drug-likeness (QED) is 0.0984. The third-order valence-electron chi connectivity index (χ3n) is 8.26. The number of fused-ring (bicyclic) bond motifs is 2. The van der Waals surface area contributed by atoms with Crippen molar-refractivity contribution in [2.24, 2.45) is 0 Å². The molecule has 16 heteroatoms. The smallest absolute Gasteiger partial charge is 0.465 e. The number of esters is 2. The van der Waals surface area contributed by atoms with E-state index in [2.05, 4.69) is 22.0 Å². The summed E-state index contributed by atoms with van der Waals surface area (Å²) in [5.74, 6) is -1.05. The summed E-state index contributed by atoms with van der Waals surface area (Å²) < 4.78 is 23.9. The Morgan fingerprint density at radius 3 is 1.47 bits per heavy atom. The zero-order valence-electron chi connectivity index (χ0n) is 34.1. The zero-order chi connectivity index (χ0) is 44.5. The number of halogens is 1. The number of hydrogen-bond acceptors (Lipinski definition) is 12. The number of ether oxygens (including phenoxy) is 4. The molecule has 0 aliphatic rings. The highest BCUT2D eigenvalue weighted by Gasteiger charge is 2.26. The van der Waals surface area contributed by atoms with Crippen molar-refractivity contribution >= 4 is 74.4 Å². The molecular formula is C44H42BBrN4O10. The average molecular weight is 878 g/mol. The molecule has 60 heavy (non-hydrogen) atoms. The number of carbonyl (C=O) groups excluding carboxylic acids is 4. The molecule has 4 aromatic carbocycles. The van der Waals surface area contributed by atoms with Crippen molar-refractivity contribution in [3.05, 3.63) is 124 Å². The number of carbonyl (C=O) groups is 4. The molecule has 0 spiro atoms. The van der Waals surface area contributed by atoms with Gasteiger partial charge in [-0.25, -0.2) is 19.2 Å². The summed E-state index contributed by atoms with van der Waals surface area (Å²) in [6.45, 7) is 10.7. The molecule has 6 aromatic rings. The third kappa shape index (κ3) is 11.3. The van der Waals surface area contributed by atoms with Crippen LogP contribution in [0.3, 0.4) is 0 Å². The summed E-state index contributed by atoms with van der Waals surface area (Å²) in [7, 11) is 1.14. The molecule has 2 heterocycles. The van der Waals surface area contributed by atoms with Crippen LogP contribution in [0.25, 0.3) is 32.9 Å². The molecule has 0 aliphatic carbocycles. The lowest BCUT2D eigenvalue weighted by Crippen LogP contribution is -2.29. The molecule has 0 bridgehead atoms. The lowest BCUT2D eigenvalue weighted by molar-refractivity contribution is 0.0530. The maximum atomic E-state index is 12.8. The highest BCUT2D eigenvalue weighted by Crippen LogP contribution is 2.34. The minimum atomic E-state index is -1.46. The largest absolute Gasteiger partial charge is 0.488 e. The third-order valence-corrected chi connectivity index (χ3v) is 8.89. The van der Waals surface area contributed by atoms with Crippen LogP contribution in [0.15, 0.2) is 102 Å². The molecular weight excluding hydrogens is 835 g/mol. The van der Waals surface area contributed by atoms with Gasteiger partial charge in [0, 0.05) is 33.2 Å². The second-order valence-electron chi connectivity index (χ2n) is 14.9. The summed E-state index contributed by atoms with van der Waals surface area (Å²) >= 11 is 3.39. The average Bonchev–Trinajstić information content (AvgIpc) is 3.78. The van der Waals surface area contributed by atoms with Crippen molar-refractivity contribution in [3.63, 3.8) is 0 Å². The summed E-state index contributed by atoms with van der Waals surface area (Å²) in [4.78, 5) is 49.3. The standard InChI is InChI=1S/C22H20N2O4.C15H16BrNO4.C7H6BNO2/c1-22(2,3)28-21(26)24-13-18(15-10-8-14(12-23)9-11-15)16-6-5-7-17(19(16)24)20(25)27-4;1-15(2,3)21-14(19)17-8-11(16)9-6-5-7-10(12(9)17)13(18)20-4;9-5-6-1-3-7(4-2-6)8(10)11/h5-11,13H,1-4H3;5-8H,1-4H3;1-4,10-11H. The summed E-state index contributed by atoms with van der Waals surface area (Å²) in [6.07, 6.45) is 2.10. The Bertz CT molecular complexity index is 2620. The van der Waals surface area contributed by atoms with Crippen LogP contribution in [0.1, 0.15) is 73.4 Å². The Morgan fingerprint density at radius 2 is 1.05 bits per heavy atom. The van der Waals surface area contributed by atoms with Gasteiger partial charge in [0.05, 0.1) is 59.6 Å². The van der Waals surface area contributed by atoms with Gasteiger partial charge in [-0.1, -0.05) is 48.5 Å². The summed E-state index contributed by atoms with van der Waals surface area (Å²) in [6, 6.07) is 27.4. The maximum Gasteiger partial charge on any atom is 0.488 e. The van der Waals surface area contributed by atoms with Gasteiger partial charge >= 0.3 is 31.2 Å². The molecule has 0 amide bonds. The van der Waals surface area contributed by atoms with Crippen LogP contribution in [0, 0.1) is 22.7 Å². The van der Waals surface area contributed by atoms with E-state index in [4.69, 9.17) is 39.5 Å². The van der Waals surface area contributed by atoms with E-state index in [1.807, 2.05) is 18.2 Å². The van der Waals surface area contributed by atoms with Gasteiger partial charge in [0.15, 0.2) is 0 Å². The lowest BCUT2D eigenvalue weighted by Gasteiger charge is -2.20. The first-order chi connectivity index (χ1) is 28.2. The molecule has 308 valence electrons. The van der Waals surface area contributed by atoms with Crippen LogP contribution < -0.4 is 5.46 Å². The highest BCUT2D eigenvalue weighted by atomic mass is 79.9. The van der Waals surface area contributed by atoms with E-state index >= 15 is 0 Å². The van der Waals surface area contributed by atoms with Crippen molar-refractivity contribution in [2.75, 3.05) is 14.2 Å². The molecule has 0 saturated heterocycles. The van der Waals surface area contributed by atoms with Gasteiger partial charge in [-0.15, -0.1) is 0 Å². The first-order valence-corrected chi connectivity index (χ1v) is 19.0. The molecule has 0 aliphatic heterocycles. The van der Waals surface area contributed by atoms with E-state index in [9.17, 15) is 19.2 Å². The van der Waals surface area contributed by atoms with Gasteiger partial charge in [0.2, 0.25) is 0 Å². The molecule has 14 nitrogen and oxygen atoms in total. The van der Waals surface area contributed by atoms with Gasteiger partial charge in [-0.2, -0.15) is 10.5 Å². The Labute approximate surface area is 355 Å². The minimum absolute atomic E-state index is 0.269. The predicted molar refractivity (Wildman–Crippen MR) is 229 cm³/mol. The number of benzene rings is 4. The Morgan fingerprint density at radius 1 is 0.633 bits per heavy atom. The van der Waals surface area contributed by atoms with Crippen molar-refractivity contribution in [1.82, 2.24) is 9.13 Å². The van der Waals surface area contributed by atoms with Gasteiger partial charge in [0.25, 0.3) is 0 Å². The molecule has 2 aromatic heterocycles. The van der Waals surface area contributed by atoms with E-state index in [0.717, 1.165) is 16.5 Å². The van der Waals surface area contributed by atoms with Crippen LogP contribution in [0.2, 0.25) is 0 Å². The van der Waals surface area contributed by atoms with Crippen LogP contribution >= 0.6 is 15.9 Å². The van der Waals surface area contributed by atoms with Crippen molar-refractivity contribution < 1.29 is 48.2 Å². The Balaban J connectivity index is 0.000000217. The molecule has 0 saturated carbocycles. The molecule has 6 rings (SSSR count). The van der Waals surface area contributed by atoms with Gasteiger partial charge in [-0.05, 0) is 105 Å². The van der Waals surface area contributed by atoms with E-state index in [1.54, 1.807) is 102 Å². The van der Waals surface area contributed by atoms with Gasteiger partial charge in [0.1, 0.15) is 11.2 Å². The topological polar surface area (TPSA) is 203 Å². The Hall–Kier alpha value is -6.72. The second kappa shape index (κ2) is 19.4. The highest BCUT2D eigenvalue weighted by molar-refractivity contribution is 9.10. The normalized spacial score (nSPS) is 10.8. The number of hydrogen-bond donors (Lipinski definition) is 2. The Kier molecular flexibility index (Phi) is 14.8. The summed E-state index contributed by atoms with van der Waals surface area (Å²) in [5, 5.41) is 36.2. The number of aromatic nitrogens is 2. The van der Waals surface area contributed by atoms with Crippen molar-refractivity contribution in [3.8, 4) is 23.3 Å². The second-order valence-corrected chi connectivity index (χ2v) is 15.8. The van der Waals surface area contributed by atoms with Gasteiger partial charge < -0.3 is 29.0 Å². The first kappa shape index (κ1) is 46.0. The number of nitriles is 2. The zero-order valence-corrected chi connectivity index (χ0v) is 35.7. The van der Waals surface area contributed by atoms with Crippen molar-refractivity contribution in [2.45, 2.75) is 52.7 Å². The van der Waals surface area contributed by atoms with E-state index < -0.39 is 42.4 Å². The molecule has 0 fully saturated rings. The van der Waals surface area contributed by atoms with Crippen molar-refractivity contribution in [1.29, 1.82) is 10.5 Å². The maximum absolute atomic E-state index is 12.8. The van der Waals surface area contributed by atoms with E-state index in [0.29, 0.717) is 43.0 Å². The van der Waals surface area contributed by atoms with Crippen LogP contribution in [0.5, 0.6) is 0 Å². The minimum Gasteiger partial charge on any atom is -0.465 e. The van der Waals surface area contributed by atoms with Gasteiger partial charge in [-0.3, -0.25) is 9.13 Å². The molecule has 0 atom stereocenters. The van der Waals surface area contributed by atoms with E-state index in [1.165, 1.54) is 47.6 Å². The number of nitrogens with zero attached hydrogens (tertiary/aromatic N) is 4. The fraction of sp³-hybridized carbons (Fsp3) is 0.227.